The maximum atomic E-state index is 12.1. The van der Waals surface area contributed by atoms with Gasteiger partial charge in [-0.25, -0.2) is 4.79 Å². The molecule has 0 saturated heterocycles. The van der Waals surface area contributed by atoms with E-state index in [4.69, 9.17) is 9.47 Å². The number of benzene rings is 1. The lowest BCUT2D eigenvalue weighted by molar-refractivity contribution is 0.0587. The number of ether oxygens (including phenoxy) is 2. The molecule has 1 unspecified atom stereocenters. The zero-order chi connectivity index (χ0) is 17.6. The molecule has 0 amide bonds. The van der Waals surface area contributed by atoms with Crippen molar-refractivity contribution in [3.63, 3.8) is 0 Å². The minimum Gasteiger partial charge on any atom is -0.490 e. The average Bonchev–Trinajstić information content (AvgIpc) is 2.49. The van der Waals surface area contributed by atoms with Crippen LogP contribution in [0.4, 0.5) is 0 Å². The van der Waals surface area contributed by atoms with Gasteiger partial charge in [-0.15, -0.1) is 0 Å². The van der Waals surface area contributed by atoms with Gasteiger partial charge in [0.25, 0.3) is 0 Å². The van der Waals surface area contributed by atoms with Crippen LogP contribution in [0.25, 0.3) is 0 Å². The SMILES string of the molecule is COC(=O)c1c(C)ccc(C(C)C)c1OCC(O)CNC(C)C. The topological polar surface area (TPSA) is 67.8 Å². The predicted molar refractivity (Wildman–Crippen MR) is 91.2 cm³/mol. The van der Waals surface area contributed by atoms with Crippen molar-refractivity contribution in [2.45, 2.75) is 52.7 Å². The molecule has 1 aromatic rings. The molecule has 23 heavy (non-hydrogen) atoms. The molecule has 0 aliphatic carbocycles. The van der Waals surface area contributed by atoms with Gasteiger partial charge in [0.15, 0.2) is 0 Å². The van der Waals surface area contributed by atoms with Crippen LogP contribution in [-0.4, -0.2) is 43.5 Å². The second kappa shape index (κ2) is 8.89. The zero-order valence-electron chi connectivity index (χ0n) is 15.0. The smallest absolute Gasteiger partial charge is 0.341 e. The number of methoxy groups -OCH3 is 1. The Labute approximate surface area is 139 Å². The Bertz CT molecular complexity index is 526. The standard InChI is InChI=1S/C18H29NO4/c1-11(2)15-8-7-13(5)16(18(21)22-6)17(15)23-10-14(20)9-19-12(3)4/h7-8,11-12,14,19-20H,9-10H2,1-6H3. The highest BCUT2D eigenvalue weighted by atomic mass is 16.5. The van der Waals surface area contributed by atoms with Crippen LogP contribution >= 0.6 is 0 Å². The van der Waals surface area contributed by atoms with Crippen molar-refractivity contribution < 1.29 is 19.4 Å². The van der Waals surface area contributed by atoms with Gasteiger partial charge in [0.1, 0.15) is 24.0 Å². The Kier molecular flexibility index (Phi) is 7.52. The normalized spacial score (nSPS) is 12.6. The summed E-state index contributed by atoms with van der Waals surface area (Å²) >= 11 is 0. The first kappa shape index (κ1) is 19.5. The Balaban J connectivity index is 3.02. The molecule has 0 saturated carbocycles. The lowest BCUT2D eigenvalue weighted by Gasteiger charge is -2.21. The van der Waals surface area contributed by atoms with Crippen molar-refractivity contribution in [3.8, 4) is 5.75 Å². The van der Waals surface area contributed by atoms with Crippen molar-refractivity contribution >= 4 is 5.97 Å². The van der Waals surface area contributed by atoms with Crippen LogP contribution in [0, 0.1) is 6.92 Å². The molecular formula is C18H29NO4. The van der Waals surface area contributed by atoms with E-state index in [1.807, 2.05) is 46.8 Å². The molecule has 5 heteroatoms. The number of aliphatic hydroxyl groups excluding tert-OH is 1. The van der Waals surface area contributed by atoms with Gasteiger partial charge in [0.05, 0.1) is 7.11 Å². The molecule has 0 radical (unpaired) electrons. The number of rotatable bonds is 8. The Hall–Kier alpha value is -1.59. The fourth-order valence-corrected chi connectivity index (χ4v) is 2.27. The quantitative estimate of drug-likeness (QED) is 0.720. The van der Waals surface area contributed by atoms with Crippen LogP contribution in [0.5, 0.6) is 5.75 Å². The summed E-state index contributed by atoms with van der Waals surface area (Å²) in [6, 6.07) is 4.14. The number of aliphatic hydroxyl groups is 1. The first-order chi connectivity index (χ1) is 10.8. The Morgan fingerprint density at radius 1 is 1.26 bits per heavy atom. The minimum absolute atomic E-state index is 0.118. The second-order valence-electron chi connectivity index (χ2n) is 6.35. The number of carbonyl (C=O) groups excluding carboxylic acids is 1. The third-order valence-electron chi connectivity index (χ3n) is 3.59. The maximum Gasteiger partial charge on any atom is 0.341 e. The highest BCUT2D eigenvalue weighted by Gasteiger charge is 2.22. The number of esters is 1. The molecule has 0 bridgehead atoms. The van der Waals surface area contributed by atoms with Crippen LogP contribution in [0.15, 0.2) is 12.1 Å². The molecule has 0 aromatic heterocycles. The van der Waals surface area contributed by atoms with Gasteiger partial charge in [0.2, 0.25) is 0 Å². The Morgan fingerprint density at radius 3 is 2.43 bits per heavy atom. The highest BCUT2D eigenvalue weighted by molar-refractivity contribution is 5.94. The molecule has 0 aliphatic rings. The third-order valence-corrected chi connectivity index (χ3v) is 3.59. The maximum absolute atomic E-state index is 12.1. The molecule has 1 aromatic carbocycles. The van der Waals surface area contributed by atoms with Crippen molar-refractivity contribution in [1.29, 1.82) is 0 Å². The number of nitrogens with one attached hydrogen (secondary N) is 1. The molecule has 0 heterocycles. The van der Waals surface area contributed by atoms with Crippen LogP contribution in [0.1, 0.15) is 55.1 Å². The van der Waals surface area contributed by atoms with E-state index in [1.165, 1.54) is 7.11 Å². The summed E-state index contributed by atoms with van der Waals surface area (Å²) in [5.74, 6) is 0.283. The van der Waals surface area contributed by atoms with E-state index in [9.17, 15) is 9.90 Å². The summed E-state index contributed by atoms with van der Waals surface area (Å²) in [5.41, 5.74) is 2.16. The van der Waals surface area contributed by atoms with Gasteiger partial charge in [-0.05, 0) is 24.0 Å². The first-order valence-electron chi connectivity index (χ1n) is 8.03. The predicted octanol–water partition coefficient (Wildman–Crippen LogP) is 2.64. The lowest BCUT2D eigenvalue weighted by Crippen LogP contribution is -2.35. The van der Waals surface area contributed by atoms with Crippen molar-refractivity contribution in [1.82, 2.24) is 5.32 Å². The van der Waals surface area contributed by atoms with E-state index in [0.29, 0.717) is 23.9 Å². The van der Waals surface area contributed by atoms with E-state index in [-0.39, 0.29) is 12.5 Å². The van der Waals surface area contributed by atoms with Crippen LogP contribution in [0.2, 0.25) is 0 Å². The van der Waals surface area contributed by atoms with E-state index >= 15 is 0 Å². The summed E-state index contributed by atoms with van der Waals surface area (Å²) in [6.07, 6.45) is -0.650. The molecule has 0 aliphatic heterocycles. The molecule has 1 rings (SSSR count). The van der Waals surface area contributed by atoms with Crippen LogP contribution in [0.3, 0.4) is 0 Å². The summed E-state index contributed by atoms with van der Waals surface area (Å²) in [5, 5.41) is 13.2. The van der Waals surface area contributed by atoms with Gasteiger partial charge in [-0.2, -0.15) is 0 Å². The number of hydrogen-bond acceptors (Lipinski definition) is 5. The zero-order valence-corrected chi connectivity index (χ0v) is 15.0. The number of aryl methyl sites for hydroxylation is 1. The summed E-state index contributed by atoms with van der Waals surface area (Å²) in [6.45, 7) is 10.5. The van der Waals surface area contributed by atoms with E-state index < -0.39 is 12.1 Å². The van der Waals surface area contributed by atoms with Crippen LogP contribution < -0.4 is 10.1 Å². The van der Waals surface area contributed by atoms with Gasteiger partial charge < -0.3 is 19.9 Å². The second-order valence-corrected chi connectivity index (χ2v) is 6.35. The van der Waals surface area contributed by atoms with Gasteiger partial charge in [-0.3, -0.25) is 0 Å². The fourth-order valence-electron chi connectivity index (χ4n) is 2.27. The summed E-state index contributed by atoms with van der Waals surface area (Å²) in [4.78, 5) is 12.1. The summed E-state index contributed by atoms with van der Waals surface area (Å²) < 4.78 is 10.7. The Morgan fingerprint density at radius 2 is 1.91 bits per heavy atom. The minimum atomic E-state index is -0.650. The molecule has 5 nitrogen and oxygen atoms in total. The summed E-state index contributed by atoms with van der Waals surface area (Å²) in [7, 11) is 1.36. The average molecular weight is 323 g/mol. The van der Waals surface area contributed by atoms with Gasteiger partial charge in [0, 0.05) is 12.6 Å². The van der Waals surface area contributed by atoms with Crippen LogP contribution in [-0.2, 0) is 4.74 Å². The molecule has 130 valence electrons. The molecule has 2 N–H and O–H groups in total. The fraction of sp³-hybridized carbons (Fsp3) is 0.611. The van der Waals surface area contributed by atoms with Gasteiger partial charge >= 0.3 is 5.97 Å². The van der Waals surface area contributed by atoms with Crippen molar-refractivity contribution in [3.05, 3.63) is 28.8 Å². The molecule has 1 atom stereocenters. The van der Waals surface area contributed by atoms with E-state index in [2.05, 4.69) is 5.32 Å². The lowest BCUT2D eigenvalue weighted by atomic mass is 9.96. The molecule has 0 spiro atoms. The van der Waals surface area contributed by atoms with Crippen molar-refractivity contribution in [2.24, 2.45) is 0 Å². The number of hydrogen-bond donors (Lipinski definition) is 2. The first-order valence-corrected chi connectivity index (χ1v) is 8.03. The van der Waals surface area contributed by atoms with E-state index in [0.717, 1.165) is 11.1 Å². The van der Waals surface area contributed by atoms with Gasteiger partial charge in [-0.1, -0.05) is 39.8 Å². The monoisotopic (exact) mass is 323 g/mol. The van der Waals surface area contributed by atoms with Crippen molar-refractivity contribution in [2.75, 3.05) is 20.3 Å². The molecule has 0 fully saturated rings. The highest BCUT2D eigenvalue weighted by Crippen LogP contribution is 2.33. The molecular weight excluding hydrogens is 294 g/mol. The third kappa shape index (κ3) is 5.52. The number of carbonyl (C=O) groups is 1. The van der Waals surface area contributed by atoms with E-state index in [1.54, 1.807) is 0 Å². The largest absolute Gasteiger partial charge is 0.490 e.